The molecule has 1 unspecified atom stereocenters. The van der Waals surface area contributed by atoms with Gasteiger partial charge in [0.25, 0.3) is 0 Å². The van der Waals surface area contributed by atoms with Gasteiger partial charge in [-0.1, -0.05) is 19.3 Å². The molecule has 3 fully saturated rings. The Morgan fingerprint density at radius 3 is 2.35 bits per heavy atom. The van der Waals surface area contributed by atoms with Gasteiger partial charge in [-0.05, 0) is 38.4 Å². The molecular weight excluding hydrogens is 459 g/mol. The Kier molecular flexibility index (Phi) is 9.30. The van der Waals surface area contributed by atoms with Crippen LogP contribution in [0.4, 0.5) is 0 Å². The Hall–Kier alpha value is 0.270. The molecule has 1 aliphatic carbocycles. The number of morpholine rings is 1. The lowest BCUT2D eigenvalue weighted by Gasteiger charge is -2.48. The quantitative estimate of drug-likeness (QED) is 0.348. The molecule has 2 aliphatic heterocycles. The van der Waals surface area contributed by atoms with E-state index in [-0.39, 0.29) is 29.5 Å². The van der Waals surface area contributed by atoms with Crippen molar-refractivity contribution in [2.45, 2.75) is 62.2 Å². The lowest BCUT2D eigenvalue weighted by atomic mass is 9.80. The van der Waals surface area contributed by atoms with Gasteiger partial charge in [0.2, 0.25) is 0 Å². The molecule has 2 N–H and O–H groups in total. The van der Waals surface area contributed by atoms with E-state index in [1.807, 2.05) is 7.05 Å². The van der Waals surface area contributed by atoms with Crippen molar-refractivity contribution in [3.05, 3.63) is 0 Å². The first-order valence-electron chi connectivity index (χ1n) is 10.1. The third-order valence-corrected chi connectivity index (χ3v) is 7.74. The van der Waals surface area contributed by atoms with Crippen LogP contribution in [0.3, 0.4) is 0 Å². The van der Waals surface area contributed by atoms with Crippen LogP contribution in [0.5, 0.6) is 0 Å². The summed E-state index contributed by atoms with van der Waals surface area (Å²) in [5.41, 5.74) is 0.283. The van der Waals surface area contributed by atoms with Crippen molar-refractivity contribution >= 4 is 41.7 Å². The second-order valence-corrected chi connectivity index (χ2v) is 9.75. The van der Waals surface area contributed by atoms with Gasteiger partial charge in [0.05, 0.1) is 13.2 Å². The molecule has 1 atom stereocenters. The number of nitrogens with zero attached hydrogens (tertiary/aromatic N) is 2. The molecule has 0 amide bonds. The number of thioether (sulfide) groups is 1. The van der Waals surface area contributed by atoms with Crippen LogP contribution in [0.25, 0.3) is 0 Å². The van der Waals surface area contributed by atoms with Gasteiger partial charge in [0.1, 0.15) is 0 Å². The minimum absolute atomic E-state index is 0. The summed E-state index contributed by atoms with van der Waals surface area (Å²) in [6, 6.07) is 0. The molecular formula is C19H37IN4OS. The molecule has 0 aromatic heterocycles. The van der Waals surface area contributed by atoms with E-state index in [9.17, 15) is 0 Å². The van der Waals surface area contributed by atoms with Gasteiger partial charge in [-0.15, -0.1) is 24.0 Å². The molecule has 0 radical (unpaired) electrons. The van der Waals surface area contributed by atoms with Crippen LogP contribution in [-0.4, -0.2) is 73.3 Å². The second kappa shape index (κ2) is 10.7. The molecule has 3 aliphatic rings. The first-order chi connectivity index (χ1) is 12.2. The SMILES string of the molecule is CN=C(NCC1(C)CCCS1)NCC1(N2CCOCC2)CCCCC1.I. The Bertz CT molecular complexity index is 445. The fraction of sp³-hybridized carbons (Fsp3) is 0.947. The van der Waals surface area contributed by atoms with Crippen LogP contribution in [0.2, 0.25) is 0 Å². The number of guanidine groups is 1. The molecule has 0 aromatic rings. The molecule has 0 spiro atoms. The summed E-state index contributed by atoms with van der Waals surface area (Å²) in [6.45, 7) is 8.28. The van der Waals surface area contributed by atoms with Crippen molar-refractivity contribution < 1.29 is 4.74 Å². The van der Waals surface area contributed by atoms with Crippen LogP contribution < -0.4 is 10.6 Å². The highest BCUT2D eigenvalue weighted by molar-refractivity contribution is 14.0. The van der Waals surface area contributed by atoms with Gasteiger partial charge >= 0.3 is 0 Å². The van der Waals surface area contributed by atoms with Crippen LogP contribution in [0.15, 0.2) is 4.99 Å². The van der Waals surface area contributed by atoms with Crippen LogP contribution in [0, 0.1) is 0 Å². The van der Waals surface area contributed by atoms with Crippen molar-refractivity contribution in [3.8, 4) is 0 Å². The summed E-state index contributed by atoms with van der Waals surface area (Å²) in [7, 11) is 1.89. The van der Waals surface area contributed by atoms with Gasteiger partial charge in [-0.2, -0.15) is 11.8 Å². The molecule has 5 nitrogen and oxygen atoms in total. The lowest BCUT2D eigenvalue weighted by Crippen LogP contribution is -2.60. The maximum atomic E-state index is 5.59. The van der Waals surface area contributed by atoms with E-state index in [0.29, 0.717) is 4.75 Å². The average molecular weight is 497 g/mol. The number of nitrogens with one attached hydrogen (secondary N) is 2. The highest BCUT2D eigenvalue weighted by Crippen LogP contribution is 2.37. The van der Waals surface area contributed by atoms with E-state index in [4.69, 9.17) is 4.74 Å². The molecule has 2 saturated heterocycles. The Morgan fingerprint density at radius 2 is 1.73 bits per heavy atom. The summed E-state index contributed by atoms with van der Waals surface area (Å²) in [4.78, 5) is 7.17. The maximum Gasteiger partial charge on any atom is 0.191 e. The average Bonchev–Trinajstić information content (AvgIpc) is 3.10. The van der Waals surface area contributed by atoms with E-state index in [1.54, 1.807) is 0 Å². The maximum absolute atomic E-state index is 5.59. The number of hydrogen-bond donors (Lipinski definition) is 2. The number of ether oxygens (including phenoxy) is 1. The number of halogens is 1. The van der Waals surface area contributed by atoms with Crippen molar-refractivity contribution in [2.24, 2.45) is 4.99 Å². The molecule has 0 bridgehead atoms. The topological polar surface area (TPSA) is 48.9 Å². The van der Waals surface area contributed by atoms with Crippen molar-refractivity contribution in [1.29, 1.82) is 0 Å². The summed E-state index contributed by atoms with van der Waals surface area (Å²) < 4.78 is 5.95. The minimum Gasteiger partial charge on any atom is -0.379 e. The minimum atomic E-state index is 0. The van der Waals surface area contributed by atoms with Gasteiger partial charge < -0.3 is 15.4 Å². The predicted molar refractivity (Wildman–Crippen MR) is 123 cm³/mol. The number of rotatable bonds is 5. The summed E-state index contributed by atoms with van der Waals surface area (Å²) >= 11 is 2.10. The molecule has 2 heterocycles. The summed E-state index contributed by atoms with van der Waals surface area (Å²) in [5, 5.41) is 7.25. The monoisotopic (exact) mass is 496 g/mol. The van der Waals surface area contributed by atoms with Gasteiger partial charge in [-0.25, -0.2) is 0 Å². The third kappa shape index (κ3) is 5.88. The van der Waals surface area contributed by atoms with E-state index in [0.717, 1.165) is 45.4 Å². The van der Waals surface area contributed by atoms with Crippen LogP contribution in [-0.2, 0) is 4.74 Å². The zero-order valence-electron chi connectivity index (χ0n) is 16.5. The van der Waals surface area contributed by atoms with Gasteiger partial charge in [0, 0.05) is 43.5 Å². The first kappa shape index (κ1) is 22.6. The molecule has 1 saturated carbocycles. The Morgan fingerprint density at radius 1 is 1.04 bits per heavy atom. The molecule has 7 heteroatoms. The van der Waals surface area contributed by atoms with Crippen LogP contribution >= 0.6 is 35.7 Å². The van der Waals surface area contributed by atoms with E-state index in [2.05, 4.69) is 39.2 Å². The normalized spacial score (nSPS) is 29.8. The highest BCUT2D eigenvalue weighted by atomic mass is 127. The molecule has 26 heavy (non-hydrogen) atoms. The van der Waals surface area contributed by atoms with E-state index < -0.39 is 0 Å². The van der Waals surface area contributed by atoms with Gasteiger partial charge in [0.15, 0.2) is 5.96 Å². The highest BCUT2D eigenvalue weighted by Gasteiger charge is 2.38. The second-order valence-electron chi connectivity index (χ2n) is 8.07. The summed E-state index contributed by atoms with van der Waals surface area (Å²) in [5.74, 6) is 2.26. The number of aliphatic imine (C=N–C) groups is 1. The third-order valence-electron chi connectivity index (χ3n) is 6.20. The lowest BCUT2D eigenvalue weighted by molar-refractivity contribution is -0.0352. The van der Waals surface area contributed by atoms with E-state index in [1.165, 1.54) is 50.7 Å². The smallest absolute Gasteiger partial charge is 0.191 e. The Labute approximate surface area is 180 Å². The first-order valence-corrected chi connectivity index (χ1v) is 11.1. The standard InChI is InChI=1S/C19H36N4OS.HI/c1-18(7-6-14-25-18)15-21-17(20-2)22-16-19(8-4-3-5-9-19)23-10-12-24-13-11-23;/h3-16H2,1-2H3,(H2,20,21,22);1H. The predicted octanol–water partition coefficient (Wildman–Crippen LogP) is 3.09. The van der Waals surface area contributed by atoms with Crippen LogP contribution in [0.1, 0.15) is 51.9 Å². The van der Waals surface area contributed by atoms with Crippen molar-refractivity contribution in [3.63, 3.8) is 0 Å². The fourth-order valence-corrected chi connectivity index (χ4v) is 5.81. The molecule has 0 aromatic carbocycles. The zero-order valence-corrected chi connectivity index (χ0v) is 19.7. The molecule has 3 rings (SSSR count). The largest absolute Gasteiger partial charge is 0.379 e. The Balaban J connectivity index is 0.00000243. The fourth-order valence-electron chi connectivity index (χ4n) is 4.57. The number of hydrogen-bond acceptors (Lipinski definition) is 4. The van der Waals surface area contributed by atoms with Crippen molar-refractivity contribution in [2.75, 3.05) is 52.2 Å². The van der Waals surface area contributed by atoms with Crippen molar-refractivity contribution in [1.82, 2.24) is 15.5 Å². The summed E-state index contributed by atoms with van der Waals surface area (Å²) in [6.07, 6.45) is 9.32. The van der Waals surface area contributed by atoms with Gasteiger partial charge in [-0.3, -0.25) is 9.89 Å². The zero-order chi connectivity index (χ0) is 17.6. The molecule has 152 valence electrons. The van der Waals surface area contributed by atoms with E-state index >= 15 is 0 Å².